The summed E-state index contributed by atoms with van der Waals surface area (Å²) in [5.41, 5.74) is 8.14. The number of fused-ring (bicyclic) bond motifs is 1. The van der Waals surface area contributed by atoms with Crippen LogP contribution in [0.5, 0.6) is 0 Å². The summed E-state index contributed by atoms with van der Waals surface area (Å²) in [5.74, 6) is 0.333. The van der Waals surface area contributed by atoms with Crippen molar-refractivity contribution in [2.24, 2.45) is 0 Å². The molecule has 0 aliphatic heterocycles. The van der Waals surface area contributed by atoms with Crippen LogP contribution in [0.4, 0.5) is 5.69 Å². The van der Waals surface area contributed by atoms with Crippen LogP contribution in [0, 0.1) is 0 Å². The van der Waals surface area contributed by atoms with Crippen molar-refractivity contribution in [3.63, 3.8) is 0 Å². The van der Waals surface area contributed by atoms with Gasteiger partial charge in [-0.3, -0.25) is 9.36 Å². The minimum absolute atomic E-state index is 0.0262. The van der Waals surface area contributed by atoms with Gasteiger partial charge in [-0.2, -0.15) is 0 Å². The molecule has 0 saturated heterocycles. The molecule has 1 aromatic heterocycles. The first-order valence-electron chi connectivity index (χ1n) is 6.75. The number of aromatic nitrogens is 2. The second kappa shape index (κ2) is 5.29. The summed E-state index contributed by atoms with van der Waals surface area (Å²) in [4.78, 5) is 16.1. The molecule has 0 fully saturated rings. The fraction of sp³-hybridized carbons (Fsp3) is 0.333. The predicted octanol–water partition coefficient (Wildman–Crippen LogP) is 2.60. The van der Waals surface area contributed by atoms with E-state index in [1.807, 2.05) is 6.07 Å². The molecule has 0 saturated carbocycles. The third kappa shape index (κ3) is 2.31. The molecule has 5 heteroatoms. The number of rotatable bonds is 2. The molecule has 1 aliphatic rings. The summed E-state index contributed by atoms with van der Waals surface area (Å²) in [5, 5.41) is 0.0790. The van der Waals surface area contributed by atoms with Crippen molar-refractivity contribution in [1.82, 2.24) is 9.55 Å². The molecule has 1 atom stereocenters. The molecule has 1 aliphatic carbocycles. The zero-order valence-corrected chi connectivity index (χ0v) is 11.8. The molecule has 2 N–H and O–H groups in total. The van der Waals surface area contributed by atoms with E-state index in [1.54, 1.807) is 4.57 Å². The lowest BCUT2D eigenvalue weighted by molar-refractivity contribution is 0.473. The molecule has 1 heterocycles. The van der Waals surface area contributed by atoms with Gasteiger partial charge in [0.15, 0.2) is 5.15 Å². The van der Waals surface area contributed by atoms with Gasteiger partial charge in [-0.15, -0.1) is 0 Å². The molecule has 1 unspecified atom stereocenters. The van der Waals surface area contributed by atoms with Crippen LogP contribution in [-0.2, 0) is 13.0 Å². The lowest BCUT2D eigenvalue weighted by Crippen LogP contribution is -2.27. The summed E-state index contributed by atoms with van der Waals surface area (Å²) in [7, 11) is 0. The van der Waals surface area contributed by atoms with Crippen LogP contribution >= 0.6 is 11.6 Å². The third-order valence-corrected chi connectivity index (χ3v) is 4.24. The van der Waals surface area contributed by atoms with Crippen LogP contribution in [0.1, 0.15) is 29.9 Å². The van der Waals surface area contributed by atoms with E-state index >= 15 is 0 Å². The Morgan fingerprint density at radius 2 is 2.20 bits per heavy atom. The Hall–Kier alpha value is -1.81. The Bertz CT molecular complexity index is 696. The molecular weight excluding hydrogens is 274 g/mol. The van der Waals surface area contributed by atoms with Crippen molar-refractivity contribution < 1.29 is 0 Å². The summed E-state index contributed by atoms with van der Waals surface area (Å²) in [6.45, 7) is 0.601. The Morgan fingerprint density at radius 1 is 1.40 bits per heavy atom. The maximum absolute atomic E-state index is 12.1. The van der Waals surface area contributed by atoms with Gasteiger partial charge in [0, 0.05) is 12.5 Å². The van der Waals surface area contributed by atoms with Crippen LogP contribution in [-0.4, -0.2) is 9.55 Å². The van der Waals surface area contributed by atoms with Crippen molar-refractivity contribution >= 4 is 17.3 Å². The number of benzene rings is 1. The van der Waals surface area contributed by atoms with Gasteiger partial charge in [-0.05, 0) is 30.4 Å². The summed E-state index contributed by atoms with van der Waals surface area (Å²) < 4.78 is 1.56. The highest BCUT2D eigenvalue weighted by Crippen LogP contribution is 2.32. The maximum atomic E-state index is 12.1. The average Bonchev–Trinajstić information content (AvgIpc) is 2.48. The largest absolute Gasteiger partial charge is 0.392 e. The monoisotopic (exact) mass is 289 g/mol. The first-order chi connectivity index (χ1) is 9.66. The number of halogens is 1. The first-order valence-corrected chi connectivity index (χ1v) is 7.13. The number of anilines is 1. The number of nitrogen functional groups attached to an aromatic ring is 1. The zero-order chi connectivity index (χ0) is 14.1. The van der Waals surface area contributed by atoms with Crippen LogP contribution in [0.2, 0.25) is 5.15 Å². The molecule has 0 bridgehead atoms. The number of nitrogens with zero attached hydrogens (tertiary/aromatic N) is 2. The van der Waals surface area contributed by atoms with Gasteiger partial charge in [0.25, 0.3) is 5.56 Å². The highest BCUT2D eigenvalue weighted by atomic mass is 35.5. The van der Waals surface area contributed by atoms with Crippen molar-refractivity contribution in [2.75, 3.05) is 5.73 Å². The van der Waals surface area contributed by atoms with Crippen molar-refractivity contribution in [3.8, 4) is 0 Å². The zero-order valence-electron chi connectivity index (χ0n) is 11.1. The predicted molar refractivity (Wildman–Crippen MR) is 80.0 cm³/mol. The maximum Gasteiger partial charge on any atom is 0.278 e. The van der Waals surface area contributed by atoms with E-state index in [9.17, 15) is 4.79 Å². The standard InChI is InChI=1S/C15H16ClN3O/c16-14-13(17)15(20)19(9-18-14)8-11-6-3-5-10-4-1-2-7-12(10)11/h1-2,4,7,9,11H,3,5-6,8,17H2. The van der Waals surface area contributed by atoms with Gasteiger partial charge in [-0.1, -0.05) is 35.9 Å². The SMILES string of the molecule is Nc1c(Cl)ncn(CC2CCCc3ccccc32)c1=O. The van der Waals surface area contributed by atoms with Crippen LogP contribution < -0.4 is 11.3 Å². The van der Waals surface area contributed by atoms with Gasteiger partial charge in [0.05, 0.1) is 6.33 Å². The lowest BCUT2D eigenvalue weighted by atomic mass is 9.83. The topological polar surface area (TPSA) is 60.9 Å². The van der Waals surface area contributed by atoms with Gasteiger partial charge < -0.3 is 5.73 Å². The molecule has 0 radical (unpaired) electrons. The second-order valence-electron chi connectivity index (χ2n) is 5.19. The van der Waals surface area contributed by atoms with E-state index in [2.05, 4.69) is 23.2 Å². The Labute approximate surface area is 122 Å². The van der Waals surface area contributed by atoms with E-state index in [0.29, 0.717) is 12.5 Å². The summed E-state index contributed by atoms with van der Waals surface area (Å²) in [6.07, 6.45) is 4.82. The normalized spacial score (nSPS) is 17.8. The van der Waals surface area contributed by atoms with E-state index < -0.39 is 0 Å². The molecule has 104 valence electrons. The fourth-order valence-electron chi connectivity index (χ4n) is 2.90. The molecule has 1 aromatic carbocycles. The van der Waals surface area contributed by atoms with E-state index in [4.69, 9.17) is 17.3 Å². The van der Waals surface area contributed by atoms with Crippen LogP contribution in [0.25, 0.3) is 0 Å². The third-order valence-electron chi connectivity index (χ3n) is 3.93. The number of nitrogens with two attached hydrogens (primary N) is 1. The van der Waals surface area contributed by atoms with Crippen molar-refractivity contribution in [1.29, 1.82) is 0 Å². The quantitative estimate of drug-likeness (QED) is 0.865. The molecule has 2 aromatic rings. The highest BCUT2D eigenvalue weighted by Gasteiger charge is 2.21. The fourth-order valence-corrected chi connectivity index (χ4v) is 3.02. The number of aryl methyl sites for hydroxylation is 1. The van der Waals surface area contributed by atoms with Crippen LogP contribution in [0.15, 0.2) is 35.4 Å². The van der Waals surface area contributed by atoms with Gasteiger partial charge in [-0.25, -0.2) is 4.98 Å². The average molecular weight is 290 g/mol. The highest BCUT2D eigenvalue weighted by molar-refractivity contribution is 6.31. The van der Waals surface area contributed by atoms with E-state index in [-0.39, 0.29) is 16.4 Å². The van der Waals surface area contributed by atoms with Gasteiger partial charge in [0.2, 0.25) is 0 Å². The molecule has 20 heavy (non-hydrogen) atoms. The lowest BCUT2D eigenvalue weighted by Gasteiger charge is -2.26. The van der Waals surface area contributed by atoms with E-state index in [1.165, 1.54) is 17.5 Å². The minimum Gasteiger partial charge on any atom is -0.392 e. The molecular formula is C15H16ClN3O. The number of hydrogen-bond donors (Lipinski definition) is 1. The minimum atomic E-state index is -0.256. The number of hydrogen-bond acceptors (Lipinski definition) is 3. The Balaban J connectivity index is 1.94. The van der Waals surface area contributed by atoms with Gasteiger partial charge >= 0.3 is 0 Å². The van der Waals surface area contributed by atoms with Gasteiger partial charge in [0.1, 0.15) is 5.69 Å². The smallest absolute Gasteiger partial charge is 0.278 e. The first kappa shape index (κ1) is 13.2. The second-order valence-corrected chi connectivity index (χ2v) is 5.55. The molecule has 3 rings (SSSR count). The molecule has 0 amide bonds. The van der Waals surface area contributed by atoms with E-state index in [0.717, 1.165) is 19.3 Å². The Morgan fingerprint density at radius 3 is 3.05 bits per heavy atom. The Kier molecular flexibility index (Phi) is 3.49. The molecule has 0 spiro atoms. The van der Waals surface area contributed by atoms with Crippen LogP contribution in [0.3, 0.4) is 0 Å². The molecule has 4 nitrogen and oxygen atoms in total. The summed E-state index contributed by atoms with van der Waals surface area (Å²) >= 11 is 5.76. The van der Waals surface area contributed by atoms with Crippen molar-refractivity contribution in [2.45, 2.75) is 31.7 Å². The summed E-state index contributed by atoms with van der Waals surface area (Å²) in [6, 6.07) is 8.43. The van der Waals surface area contributed by atoms with Crippen molar-refractivity contribution in [3.05, 3.63) is 57.2 Å².